The van der Waals surface area contributed by atoms with Crippen LogP contribution in [0.5, 0.6) is 0 Å². The highest BCUT2D eigenvalue weighted by Gasteiger charge is 2.16. The van der Waals surface area contributed by atoms with Gasteiger partial charge in [0.15, 0.2) is 9.84 Å². The quantitative estimate of drug-likeness (QED) is 0.491. The molecule has 4 rings (SSSR count). The summed E-state index contributed by atoms with van der Waals surface area (Å²) < 4.78 is 29.2. The van der Waals surface area contributed by atoms with E-state index >= 15 is 0 Å². The molecular formula is C22H21N5O3S. The van der Waals surface area contributed by atoms with Crippen molar-refractivity contribution in [2.75, 3.05) is 13.3 Å². The van der Waals surface area contributed by atoms with Gasteiger partial charge in [0.25, 0.3) is 5.89 Å². The van der Waals surface area contributed by atoms with Gasteiger partial charge in [0.1, 0.15) is 5.69 Å². The maximum atomic E-state index is 11.7. The van der Waals surface area contributed by atoms with Crippen LogP contribution in [-0.4, -0.2) is 41.9 Å². The van der Waals surface area contributed by atoms with Gasteiger partial charge in [-0.1, -0.05) is 24.3 Å². The number of rotatable bonds is 6. The summed E-state index contributed by atoms with van der Waals surface area (Å²) >= 11 is 0. The van der Waals surface area contributed by atoms with E-state index in [9.17, 15) is 8.42 Å². The number of sulfone groups is 1. The zero-order valence-electron chi connectivity index (χ0n) is 17.3. The first-order valence-corrected chi connectivity index (χ1v) is 11.5. The molecule has 0 fully saturated rings. The largest absolute Gasteiger partial charge is 0.415 e. The van der Waals surface area contributed by atoms with E-state index in [4.69, 9.17) is 4.42 Å². The molecule has 0 amide bonds. The van der Waals surface area contributed by atoms with E-state index in [1.54, 1.807) is 30.5 Å². The molecule has 8 nitrogen and oxygen atoms in total. The van der Waals surface area contributed by atoms with E-state index < -0.39 is 9.84 Å². The van der Waals surface area contributed by atoms with Crippen molar-refractivity contribution in [3.63, 3.8) is 0 Å². The molecule has 0 unspecified atom stereocenters. The van der Waals surface area contributed by atoms with Gasteiger partial charge in [-0.05, 0) is 43.8 Å². The van der Waals surface area contributed by atoms with E-state index in [0.29, 0.717) is 23.0 Å². The topological polar surface area (TPSA) is 111 Å². The average molecular weight is 436 g/mol. The number of aromatic nitrogens is 4. The lowest BCUT2D eigenvalue weighted by atomic mass is 10.1. The lowest BCUT2D eigenvalue weighted by Gasteiger charge is -2.05. The Morgan fingerprint density at radius 2 is 1.58 bits per heavy atom. The highest BCUT2D eigenvalue weighted by Crippen LogP contribution is 2.27. The first-order chi connectivity index (χ1) is 14.8. The molecule has 0 bridgehead atoms. The van der Waals surface area contributed by atoms with Crippen LogP contribution in [0.4, 0.5) is 0 Å². The number of nitrogens with zero attached hydrogens (tertiary/aromatic N) is 4. The molecule has 9 heteroatoms. The third-order valence-electron chi connectivity index (χ3n) is 4.74. The smallest absolute Gasteiger partial charge is 0.268 e. The van der Waals surface area contributed by atoms with Crippen LogP contribution in [0.25, 0.3) is 34.3 Å². The summed E-state index contributed by atoms with van der Waals surface area (Å²) in [7, 11) is -1.36. The van der Waals surface area contributed by atoms with Crippen molar-refractivity contribution in [1.29, 1.82) is 0 Å². The van der Waals surface area contributed by atoms with Crippen LogP contribution < -0.4 is 5.32 Å². The van der Waals surface area contributed by atoms with Crippen molar-refractivity contribution in [3.05, 3.63) is 66.0 Å². The molecule has 2 aromatic heterocycles. The molecule has 0 saturated heterocycles. The van der Waals surface area contributed by atoms with Crippen LogP contribution in [0, 0.1) is 6.92 Å². The van der Waals surface area contributed by atoms with E-state index in [-0.39, 0.29) is 10.8 Å². The fourth-order valence-electron chi connectivity index (χ4n) is 3.07. The standard InChI is InChI=1S/C22H21N5O3S/c1-14-20(22-27-26-21(30-22)17-6-4-15(5-7-17)12-23-2)25-19(13-24-14)16-8-10-18(11-9-16)31(3,28)29/h4-11,13,23H,12H2,1-3H3. The highest BCUT2D eigenvalue weighted by molar-refractivity contribution is 7.90. The molecule has 0 atom stereocenters. The molecule has 0 aliphatic carbocycles. The van der Waals surface area contributed by atoms with E-state index in [2.05, 4.69) is 25.5 Å². The number of benzene rings is 2. The van der Waals surface area contributed by atoms with Gasteiger partial charge in [-0.3, -0.25) is 4.98 Å². The zero-order valence-corrected chi connectivity index (χ0v) is 18.1. The van der Waals surface area contributed by atoms with Crippen molar-refractivity contribution in [2.45, 2.75) is 18.4 Å². The molecular weight excluding hydrogens is 414 g/mol. The summed E-state index contributed by atoms with van der Waals surface area (Å²) in [6.45, 7) is 2.59. The van der Waals surface area contributed by atoms with E-state index in [0.717, 1.165) is 23.2 Å². The monoisotopic (exact) mass is 435 g/mol. The third kappa shape index (κ3) is 4.52. The van der Waals surface area contributed by atoms with Gasteiger partial charge in [-0.15, -0.1) is 10.2 Å². The van der Waals surface area contributed by atoms with Gasteiger partial charge in [-0.2, -0.15) is 0 Å². The molecule has 0 aliphatic rings. The van der Waals surface area contributed by atoms with E-state index in [1.165, 1.54) is 6.26 Å². The summed E-state index contributed by atoms with van der Waals surface area (Å²) in [5.41, 5.74) is 4.42. The SMILES string of the molecule is CNCc1ccc(-c2nnc(-c3nc(-c4ccc(S(C)(=O)=O)cc4)cnc3C)o2)cc1. The van der Waals surface area contributed by atoms with Crippen molar-refractivity contribution in [3.8, 4) is 34.3 Å². The molecule has 2 heterocycles. The second kappa shape index (κ2) is 8.37. The van der Waals surface area contributed by atoms with Gasteiger partial charge in [0.05, 0.1) is 22.5 Å². The minimum absolute atomic E-state index is 0.249. The van der Waals surface area contributed by atoms with Gasteiger partial charge < -0.3 is 9.73 Å². The van der Waals surface area contributed by atoms with Gasteiger partial charge in [0, 0.05) is 23.9 Å². The van der Waals surface area contributed by atoms with Crippen LogP contribution in [0.2, 0.25) is 0 Å². The Balaban J connectivity index is 1.65. The Morgan fingerprint density at radius 1 is 0.935 bits per heavy atom. The third-order valence-corrected chi connectivity index (χ3v) is 5.87. The Bertz CT molecular complexity index is 1310. The van der Waals surface area contributed by atoms with Crippen molar-refractivity contribution >= 4 is 9.84 Å². The lowest BCUT2D eigenvalue weighted by molar-refractivity contribution is 0.581. The minimum Gasteiger partial charge on any atom is -0.415 e. The fourth-order valence-corrected chi connectivity index (χ4v) is 3.70. The van der Waals surface area contributed by atoms with Crippen LogP contribution in [0.1, 0.15) is 11.3 Å². The molecule has 31 heavy (non-hydrogen) atoms. The number of nitrogens with one attached hydrogen (secondary N) is 1. The summed E-state index contributed by atoms with van der Waals surface area (Å²) in [6, 6.07) is 14.4. The molecule has 0 aliphatic heterocycles. The second-order valence-corrected chi connectivity index (χ2v) is 9.14. The Kier molecular flexibility index (Phi) is 5.62. The maximum absolute atomic E-state index is 11.7. The lowest BCUT2D eigenvalue weighted by Crippen LogP contribution is -2.04. The van der Waals surface area contributed by atoms with Gasteiger partial charge in [0.2, 0.25) is 5.89 Å². The molecule has 0 radical (unpaired) electrons. The predicted octanol–water partition coefficient (Wildman–Crippen LogP) is 3.29. The van der Waals surface area contributed by atoms with Crippen LogP contribution in [0.3, 0.4) is 0 Å². The summed E-state index contributed by atoms with van der Waals surface area (Å²) in [6.07, 6.45) is 2.80. The highest BCUT2D eigenvalue weighted by atomic mass is 32.2. The number of hydrogen-bond acceptors (Lipinski definition) is 8. The normalized spacial score (nSPS) is 11.6. The molecule has 0 spiro atoms. The molecule has 2 aromatic carbocycles. The summed E-state index contributed by atoms with van der Waals surface area (Å²) in [4.78, 5) is 9.28. The fraction of sp³-hybridized carbons (Fsp3) is 0.182. The number of aryl methyl sites for hydroxylation is 1. The van der Waals surface area contributed by atoms with Crippen molar-refractivity contribution in [1.82, 2.24) is 25.5 Å². The van der Waals surface area contributed by atoms with Crippen LogP contribution in [-0.2, 0) is 16.4 Å². The maximum Gasteiger partial charge on any atom is 0.268 e. The Labute approximate surface area is 180 Å². The average Bonchev–Trinajstić information content (AvgIpc) is 3.24. The minimum atomic E-state index is -3.26. The van der Waals surface area contributed by atoms with Crippen molar-refractivity contribution < 1.29 is 12.8 Å². The van der Waals surface area contributed by atoms with Gasteiger partial charge in [-0.25, -0.2) is 13.4 Å². The Morgan fingerprint density at radius 3 is 2.23 bits per heavy atom. The Hall–Kier alpha value is -3.43. The van der Waals surface area contributed by atoms with Crippen LogP contribution in [0.15, 0.2) is 64.0 Å². The zero-order chi connectivity index (χ0) is 22.0. The first-order valence-electron chi connectivity index (χ1n) is 9.57. The first kappa shape index (κ1) is 20.8. The summed E-state index contributed by atoms with van der Waals surface area (Å²) in [5.74, 6) is 0.670. The molecule has 4 aromatic rings. The molecule has 0 saturated carbocycles. The number of hydrogen-bond donors (Lipinski definition) is 1. The predicted molar refractivity (Wildman–Crippen MR) is 117 cm³/mol. The second-order valence-electron chi connectivity index (χ2n) is 7.13. The van der Waals surface area contributed by atoms with Crippen molar-refractivity contribution in [2.24, 2.45) is 0 Å². The summed E-state index contributed by atoms with van der Waals surface area (Å²) in [5, 5.41) is 11.4. The molecule has 1 N–H and O–H groups in total. The van der Waals surface area contributed by atoms with Gasteiger partial charge >= 0.3 is 0 Å². The van der Waals surface area contributed by atoms with E-state index in [1.807, 2.05) is 38.2 Å². The van der Waals surface area contributed by atoms with Crippen LogP contribution >= 0.6 is 0 Å². The molecule has 158 valence electrons.